The molecule has 0 aliphatic carbocycles. The zero-order chi connectivity index (χ0) is 40.2. The van der Waals surface area contributed by atoms with Crippen LogP contribution in [0, 0.1) is 19.8 Å². The molecule has 5 rings (SSSR count). The third kappa shape index (κ3) is 10.1. The molecule has 1 heterocycles. The number of rotatable bonds is 16. The minimum absolute atomic E-state index is 0.0149. The van der Waals surface area contributed by atoms with Gasteiger partial charge in [-0.1, -0.05) is 49.7 Å². The van der Waals surface area contributed by atoms with Crippen LogP contribution in [0.25, 0.3) is 0 Å². The van der Waals surface area contributed by atoms with Gasteiger partial charge in [-0.25, -0.2) is 38.0 Å². The van der Waals surface area contributed by atoms with E-state index in [2.05, 4.69) is 16.4 Å². The van der Waals surface area contributed by atoms with Crippen LogP contribution in [0.3, 0.4) is 0 Å². The van der Waals surface area contributed by atoms with Crippen LogP contribution in [0.15, 0.2) is 105 Å². The Bertz CT molecular complexity index is 2440. The second-order valence-corrected chi connectivity index (χ2v) is 21.7. The molecule has 0 saturated carbocycles. The highest BCUT2D eigenvalue weighted by Crippen LogP contribution is 2.30. The van der Waals surface area contributed by atoms with Gasteiger partial charge in [0, 0.05) is 27.2 Å². The molecular formula is C39H50N4O8S4. The first-order chi connectivity index (χ1) is 25.8. The summed E-state index contributed by atoms with van der Waals surface area (Å²) < 4.78 is 113. The van der Waals surface area contributed by atoms with Crippen LogP contribution < -0.4 is 9.44 Å². The van der Waals surface area contributed by atoms with Crippen molar-refractivity contribution >= 4 is 51.5 Å². The Balaban J connectivity index is 1.18. The standard InChI is InChI=1S/C39H50N4O8S4/c1-6-9-31-15-21-36(22-16-31)53(46,47)41-38-27-37(20-14-29(38)2)54(48,49)43-25-8-12-33(28-43)11-7-10-32-17-23-35(24-18-32)52(44,45)40-34-19-13-30(3)39(26-34)55(50,51)42(4)5/h13-24,26-27,33,40-41H,6-12,25,28H2,1-5H3. The molecule has 1 aliphatic heterocycles. The van der Waals surface area contributed by atoms with Crippen molar-refractivity contribution < 1.29 is 33.7 Å². The quantitative estimate of drug-likeness (QED) is 0.129. The van der Waals surface area contributed by atoms with Crippen molar-refractivity contribution in [3.8, 4) is 0 Å². The van der Waals surface area contributed by atoms with Crippen molar-refractivity contribution in [2.24, 2.45) is 5.92 Å². The van der Waals surface area contributed by atoms with Crippen molar-refractivity contribution in [3.05, 3.63) is 107 Å². The fraction of sp³-hybridized carbons (Fsp3) is 0.385. The predicted molar refractivity (Wildman–Crippen MR) is 216 cm³/mol. The second kappa shape index (κ2) is 17.1. The van der Waals surface area contributed by atoms with Crippen molar-refractivity contribution in [1.29, 1.82) is 0 Å². The fourth-order valence-corrected chi connectivity index (χ4v) is 11.5. The minimum Gasteiger partial charge on any atom is -0.280 e. The molecule has 0 spiro atoms. The van der Waals surface area contributed by atoms with E-state index in [1.807, 2.05) is 0 Å². The van der Waals surface area contributed by atoms with E-state index in [0.29, 0.717) is 37.1 Å². The maximum atomic E-state index is 13.8. The van der Waals surface area contributed by atoms with Crippen molar-refractivity contribution in [2.45, 2.75) is 85.3 Å². The lowest BCUT2D eigenvalue weighted by atomic mass is 9.93. The average Bonchev–Trinajstić information content (AvgIpc) is 3.13. The molecule has 1 saturated heterocycles. The zero-order valence-electron chi connectivity index (χ0n) is 31.8. The Morgan fingerprint density at radius 3 is 1.85 bits per heavy atom. The number of hydrogen-bond donors (Lipinski definition) is 2. The summed E-state index contributed by atoms with van der Waals surface area (Å²) in [7, 11) is -12.8. The summed E-state index contributed by atoms with van der Waals surface area (Å²) in [5.41, 5.74) is 3.41. The van der Waals surface area contributed by atoms with Crippen LogP contribution in [0.4, 0.5) is 11.4 Å². The molecule has 0 bridgehead atoms. The highest BCUT2D eigenvalue weighted by Gasteiger charge is 2.31. The molecule has 0 aromatic heterocycles. The van der Waals surface area contributed by atoms with Crippen LogP contribution in [0.1, 0.15) is 61.3 Å². The molecule has 12 nitrogen and oxygen atoms in total. The van der Waals surface area contributed by atoms with E-state index in [9.17, 15) is 33.7 Å². The summed E-state index contributed by atoms with van der Waals surface area (Å²) in [5.74, 6) is 0.127. The monoisotopic (exact) mass is 830 g/mol. The van der Waals surface area contributed by atoms with Crippen LogP contribution >= 0.6 is 0 Å². The summed E-state index contributed by atoms with van der Waals surface area (Å²) in [6.07, 6.45) is 5.58. The van der Waals surface area contributed by atoms with Gasteiger partial charge in [0.1, 0.15) is 0 Å². The van der Waals surface area contributed by atoms with Gasteiger partial charge in [-0.3, -0.25) is 9.44 Å². The number of hydrogen-bond acceptors (Lipinski definition) is 8. The molecule has 4 aromatic carbocycles. The molecule has 0 amide bonds. The largest absolute Gasteiger partial charge is 0.280 e. The van der Waals surface area contributed by atoms with E-state index in [-0.39, 0.29) is 36.9 Å². The van der Waals surface area contributed by atoms with Gasteiger partial charge in [-0.05, 0) is 129 Å². The molecule has 1 fully saturated rings. The first kappa shape index (κ1) is 42.3. The third-order valence-electron chi connectivity index (χ3n) is 9.86. The number of aryl methyl sites for hydroxylation is 4. The number of nitrogens with zero attached hydrogens (tertiary/aromatic N) is 2. The number of nitrogens with one attached hydrogen (secondary N) is 2. The van der Waals surface area contributed by atoms with E-state index in [1.165, 1.54) is 54.8 Å². The Morgan fingerprint density at radius 2 is 1.25 bits per heavy atom. The van der Waals surface area contributed by atoms with Gasteiger partial charge in [0.2, 0.25) is 20.0 Å². The lowest BCUT2D eigenvalue weighted by Gasteiger charge is -2.32. The van der Waals surface area contributed by atoms with E-state index < -0.39 is 40.1 Å². The SMILES string of the molecule is CCCc1ccc(S(=O)(=O)Nc2cc(S(=O)(=O)N3CCCC(CCCc4ccc(S(=O)(=O)Nc5ccc(C)c(S(=O)(=O)N(C)C)c5)cc4)C3)ccc2C)cc1. The van der Waals surface area contributed by atoms with Gasteiger partial charge in [0.05, 0.1) is 31.0 Å². The molecule has 0 radical (unpaired) electrons. The summed E-state index contributed by atoms with van der Waals surface area (Å²) in [6.45, 7) is 6.14. The van der Waals surface area contributed by atoms with Crippen LogP contribution in [0.2, 0.25) is 0 Å². The summed E-state index contributed by atoms with van der Waals surface area (Å²) in [4.78, 5) is 0.183. The zero-order valence-corrected chi connectivity index (χ0v) is 35.1. The maximum absolute atomic E-state index is 13.8. The van der Waals surface area contributed by atoms with Gasteiger partial charge < -0.3 is 0 Å². The lowest BCUT2D eigenvalue weighted by molar-refractivity contribution is 0.253. The highest BCUT2D eigenvalue weighted by atomic mass is 32.2. The van der Waals surface area contributed by atoms with E-state index in [0.717, 1.165) is 47.5 Å². The number of piperidine rings is 1. The van der Waals surface area contributed by atoms with Crippen molar-refractivity contribution in [1.82, 2.24) is 8.61 Å². The first-order valence-corrected chi connectivity index (χ1v) is 24.1. The fourth-order valence-electron chi connectivity index (χ4n) is 6.61. The molecule has 2 N–H and O–H groups in total. The highest BCUT2D eigenvalue weighted by molar-refractivity contribution is 7.93. The first-order valence-electron chi connectivity index (χ1n) is 18.2. The summed E-state index contributed by atoms with van der Waals surface area (Å²) in [6, 6.07) is 22.1. The van der Waals surface area contributed by atoms with Crippen molar-refractivity contribution in [3.63, 3.8) is 0 Å². The topological polar surface area (TPSA) is 167 Å². The smallest absolute Gasteiger partial charge is 0.261 e. The molecule has 298 valence electrons. The van der Waals surface area contributed by atoms with Gasteiger partial charge in [0.15, 0.2) is 0 Å². The van der Waals surface area contributed by atoms with Gasteiger partial charge >= 0.3 is 0 Å². The molecule has 1 atom stereocenters. The van der Waals surface area contributed by atoms with Crippen LogP contribution in [0.5, 0.6) is 0 Å². The number of benzene rings is 4. The molecule has 1 unspecified atom stereocenters. The summed E-state index contributed by atoms with van der Waals surface area (Å²) in [5, 5.41) is 0. The van der Waals surface area contributed by atoms with E-state index >= 15 is 0 Å². The number of sulfonamides is 4. The molecule has 1 aliphatic rings. The lowest BCUT2D eigenvalue weighted by Crippen LogP contribution is -2.39. The number of anilines is 2. The molecule has 55 heavy (non-hydrogen) atoms. The minimum atomic E-state index is -3.99. The van der Waals surface area contributed by atoms with Crippen LogP contribution in [-0.2, 0) is 52.9 Å². The summed E-state index contributed by atoms with van der Waals surface area (Å²) >= 11 is 0. The third-order valence-corrected chi connectivity index (χ3v) is 16.5. The second-order valence-electron chi connectivity index (χ2n) is 14.3. The predicted octanol–water partition coefficient (Wildman–Crippen LogP) is 6.53. The molecular weight excluding hydrogens is 781 g/mol. The maximum Gasteiger partial charge on any atom is 0.261 e. The Labute approximate surface area is 327 Å². The normalized spacial score (nSPS) is 15.9. The van der Waals surface area contributed by atoms with Crippen molar-refractivity contribution in [2.75, 3.05) is 36.6 Å². The van der Waals surface area contributed by atoms with Gasteiger partial charge in [-0.2, -0.15) is 4.31 Å². The molecule has 4 aromatic rings. The Kier molecular flexibility index (Phi) is 13.2. The molecule has 16 heteroatoms. The Hall–Kier alpha value is -3.80. The average molecular weight is 831 g/mol. The van der Waals surface area contributed by atoms with Gasteiger partial charge in [0.25, 0.3) is 20.0 Å². The van der Waals surface area contributed by atoms with Gasteiger partial charge in [-0.15, -0.1) is 0 Å². The van der Waals surface area contributed by atoms with E-state index in [4.69, 9.17) is 0 Å². The Morgan fingerprint density at radius 1 is 0.691 bits per heavy atom. The van der Waals surface area contributed by atoms with Crippen LogP contribution in [-0.4, -0.2) is 69.5 Å². The van der Waals surface area contributed by atoms with E-state index in [1.54, 1.807) is 62.4 Å².